The van der Waals surface area contributed by atoms with Crippen LogP contribution in [0, 0.1) is 0 Å². The minimum atomic E-state index is -0.167. The van der Waals surface area contributed by atoms with Gasteiger partial charge in [-0.15, -0.1) is 5.10 Å². The van der Waals surface area contributed by atoms with Crippen molar-refractivity contribution in [1.29, 1.82) is 0 Å². The van der Waals surface area contributed by atoms with E-state index >= 15 is 0 Å². The SMILES string of the molecule is O=c1/c(=C/c2ccc(-n3nc(-c4ccccc4)cc3-c3ccccc3)cc2)sc2nc(-c3ccccc3)nn12. The molecule has 3 aromatic heterocycles. The minimum absolute atomic E-state index is 0.167. The monoisotopic (exact) mass is 523 g/mol. The fourth-order valence-corrected chi connectivity index (χ4v) is 5.46. The van der Waals surface area contributed by atoms with Crippen molar-refractivity contribution in [2.24, 2.45) is 0 Å². The topological polar surface area (TPSA) is 65.1 Å². The first kappa shape index (κ1) is 23.0. The number of benzene rings is 4. The molecular formula is C32H21N5OS. The number of aromatic nitrogens is 5. The third kappa shape index (κ3) is 4.35. The highest BCUT2D eigenvalue weighted by atomic mass is 32.1. The van der Waals surface area contributed by atoms with E-state index in [4.69, 9.17) is 5.10 Å². The van der Waals surface area contributed by atoms with Crippen LogP contribution in [0.1, 0.15) is 5.56 Å². The number of hydrogen-bond acceptors (Lipinski definition) is 5. The summed E-state index contributed by atoms with van der Waals surface area (Å²) in [6.07, 6.45) is 1.88. The molecule has 0 atom stereocenters. The van der Waals surface area contributed by atoms with E-state index in [2.05, 4.69) is 40.4 Å². The average molecular weight is 524 g/mol. The van der Waals surface area contributed by atoms with Gasteiger partial charge in [-0.1, -0.05) is 114 Å². The molecule has 0 radical (unpaired) electrons. The van der Waals surface area contributed by atoms with Crippen LogP contribution in [0.3, 0.4) is 0 Å². The van der Waals surface area contributed by atoms with Crippen molar-refractivity contribution in [3.05, 3.63) is 142 Å². The molecule has 7 heteroatoms. The fraction of sp³-hybridized carbons (Fsp3) is 0. The van der Waals surface area contributed by atoms with Gasteiger partial charge in [0.1, 0.15) is 0 Å². The van der Waals surface area contributed by atoms with E-state index in [0.29, 0.717) is 15.3 Å². The van der Waals surface area contributed by atoms with Crippen molar-refractivity contribution in [3.8, 4) is 39.6 Å². The maximum absolute atomic E-state index is 13.0. The first-order valence-electron chi connectivity index (χ1n) is 12.5. The third-order valence-corrected chi connectivity index (χ3v) is 7.46. The normalized spacial score (nSPS) is 11.8. The number of rotatable bonds is 5. The Morgan fingerprint density at radius 3 is 1.92 bits per heavy atom. The van der Waals surface area contributed by atoms with Crippen LogP contribution in [0.2, 0.25) is 0 Å². The summed E-state index contributed by atoms with van der Waals surface area (Å²) in [4.78, 5) is 18.2. The Bertz CT molecular complexity index is 2010. The van der Waals surface area contributed by atoms with Crippen LogP contribution >= 0.6 is 11.3 Å². The first-order valence-corrected chi connectivity index (χ1v) is 13.3. The lowest BCUT2D eigenvalue weighted by Crippen LogP contribution is -2.23. The van der Waals surface area contributed by atoms with Gasteiger partial charge in [-0.25, -0.2) is 4.68 Å². The summed E-state index contributed by atoms with van der Waals surface area (Å²) in [7, 11) is 0. The Hall–Kier alpha value is -5.14. The Labute approximate surface area is 227 Å². The standard InChI is InChI=1S/C32H21N5OS/c38-31-29(39-32-33-30(35-37(31)32)25-14-8-3-9-15-25)20-22-16-18-26(19-17-22)36-28(24-12-6-2-7-13-24)21-27(34-36)23-10-4-1-5-11-23/h1-21H/b29-20-. The van der Waals surface area contributed by atoms with Gasteiger partial charge in [0.2, 0.25) is 4.96 Å². The molecule has 39 heavy (non-hydrogen) atoms. The van der Waals surface area contributed by atoms with Crippen molar-refractivity contribution in [3.63, 3.8) is 0 Å². The van der Waals surface area contributed by atoms with Gasteiger partial charge < -0.3 is 0 Å². The Balaban J connectivity index is 1.25. The van der Waals surface area contributed by atoms with Crippen LogP contribution in [-0.2, 0) is 0 Å². The highest BCUT2D eigenvalue weighted by molar-refractivity contribution is 7.15. The number of fused-ring (bicyclic) bond motifs is 1. The summed E-state index contributed by atoms with van der Waals surface area (Å²) in [6.45, 7) is 0. The van der Waals surface area contributed by atoms with Gasteiger partial charge in [0.15, 0.2) is 5.82 Å². The molecule has 0 bridgehead atoms. The van der Waals surface area contributed by atoms with Gasteiger partial charge in [0.25, 0.3) is 5.56 Å². The zero-order chi connectivity index (χ0) is 26.2. The molecule has 4 aromatic carbocycles. The zero-order valence-electron chi connectivity index (χ0n) is 20.7. The zero-order valence-corrected chi connectivity index (χ0v) is 21.5. The predicted molar refractivity (Wildman–Crippen MR) is 156 cm³/mol. The molecule has 0 saturated heterocycles. The Kier molecular flexibility index (Phi) is 5.68. The summed E-state index contributed by atoms with van der Waals surface area (Å²) < 4.78 is 3.94. The van der Waals surface area contributed by atoms with Crippen LogP contribution in [0.4, 0.5) is 0 Å². The van der Waals surface area contributed by atoms with Crippen molar-refractivity contribution in [2.45, 2.75) is 0 Å². The van der Waals surface area contributed by atoms with Crippen LogP contribution in [0.15, 0.2) is 126 Å². The second-order valence-electron chi connectivity index (χ2n) is 9.06. The van der Waals surface area contributed by atoms with Crippen LogP contribution in [0.5, 0.6) is 0 Å². The summed E-state index contributed by atoms with van der Waals surface area (Å²) >= 11 is 1.34. The van der Waals surface area contributed by atoms with E-state index in [0.717, 1.165) is 39.3 Å². The van der Waals surface area contributed by atoms with Crippen molar-refractivity contribution >= 4 is 22.4 Å². The van der Waals surface area contributed by atoms with E-state index in [1.165, 1.54) is 15.9 Å². The summed E-state index contributed by atoms with van der Waals surface area (Å²) in [5, 5.41) is 9.38. The van der Waals surface area contributed by atoms with E-state index in [1.54, 1.807) is 0 Å². The van der Waals surface area contributed by atoms with Crippen molar-refractivity contribution in [1.82, 2.24) is 24.4 Å². The quantitative estimate of drug-likeness (QED) is 0.282. The number of nitrogens with zero attached hydrogens (tertiary/aromatic N) is 5. The average Bonchev–Trinajstić information content (AvgIpc) is 3.70. The number of hydrogen-bond donors (Lipinski definition) is 0. The highest BCUT2D eigenvalue weighted by Gasteiger charge is 2.14. The molecule has 0 unspecified atom stereocenters. The first-order chi connectivity index (χ1) is 19.2. The summed E-state index contributed by atoms with van der Waals surface area (Å²) in [5.74, 6) is 0.554. The smallest absolute Gasteiger partial charge is 0.266 e. The molecule has 186 valence electrons. The molecule has 0 spiro atoms. The molecule has 0 saturated carbocycles. The van der Waals surface area contributed by atoms with Gasteiger partial charge in [-0.3, -0.25) is 4.79 Å². The molecule has 0 N–H and O–H groups in total. The van der Waals surface area contributed by atoms with Gasteiger partial charge in [-0.2, -0.15) is 14.6 Å². The molecule has 7 rings (SSSR count). The molecular weight excluding hydrogens is 502 g/mol. The minimum Gasteiger partial charge on any atom is -0.266 e. The fourth-order valence-electron chi connectivity index (χ4n) is 4.55. The van der Waals surface area contributed by atoms with E-state index in [-0.39, 0.29) is 5.56 Å². The lowest BCUT2D eigenvalue weighted by atomic mass is 10.1. The van der Waals surface area contributed by atoms with Crippen molar-refractivity contribution < 1.29 is 0 Å². The predicted octanol–water partition coefficient (Wildman–Crippen LogP) is 5.89. The number of thiazole rings is 1. The van der Waals surface area contributed by atoms with Gasteiger partial charge in [0, 0.05) is 16.7 Å². The summed E-state index contributed by atoms with van der Waals surface area (Å²) in [5.41, 5.74) is 6.64. The molecule has 0 aliphatic rings. The molecule has 0 aliphatic carbocycles. The molecule has 3 heterocycles. The van der Waals surface area contributed by atoms with Crippen LogP contribution in [-0.4, -0.2) is 24.4 Å². The van der Waals surface area contributed by atoms with E-state index < -0.39 is 0 Å². The Morgan fingerprint density at radius 2 is 1.28 bits per heavy atom. The lowest BCUT2D eigenvalue weighted by Gasteiger charge is -2.08. The summed E-state index contributed by atoms with van der Waals surface area (Å²) in [6, 6.07) is 40.3. The molecule has 0 amide bonds. The molecule has 7 aromatic rings. The molecule has 6 nitrogen and oxygen atoms in total. The second-order valence-corrected chi connectivity index (χ2v) is 10.1. The lowest BCUT2D eigenvalue weighted by molar-refractivity contribution is 0.892. The molecule has 0 fully saturated rings. The van der Waals surface area contributed by atoms with Gasteiger partial charge >= 0.3 is 0 Å². The Morgan fingerprint density at radius 1 is 0.667 bits per heavy atom. The maximum atomic E-state index is 13.0. The van der Waals surface area contributed by atoms with Crippen LogP contribution < -0.4 is 10.1 Å². The van der Waals surface area contributed by atoms with Crippen LogP contribution in [0.25, 0.3) is 50.6 Å². The maximum Gasteiger partial charge on any atom is 0.291 e. The molecule has 0 aliphatic heterocycles. The van der Waals surface area contributed by atoms with E-state index in [9.17, 15) is 4.79 Å². The van der Waals surface area contributed by atoms with Gasteiger partial charge in [0.05, 0.1) is 21.6 Å². The largest absolute Gasteiger partial charge is 0.291 e. The third-order valence-electron chi connectivity index (χ3n) is 6.50. The highest BCUT2D eigenvalue weighted by Crippen LogP contribution is 2.29. The van der Waals surface area contributed by atoms with Crippen molar-refractivity contribution in [2.75, 3.05) is 0 Å². The second kappa shape index (κ2) is 9.63. The van der Waals surface area contributed by atoms with E-state index in [1.807, 2.05) is 102 Å². The van der Waals surface area contributed by atoms with Gasteiger partial charge in [-0.05, 0) is 29.8 Å².